The van der Waals surface area contributed by atoms with Gasteiger partial charge in [0.2, 0.25) is 0 Å². The number of nitrogens with zero attached hydrogens (tertiary/aromatic N) is 1. The second-order valence-corrected chi connectivity index (χ2v) is 5.89. The normalized spacial score (nSPS) is 15.3. The Morgan fingerprint density at radius 1 is 1.10 bits per heavy atom. The van der Waals surface area contributed by atoms with Gasteiger partial charge in [0.05, 0.1) is 5.69 Å². The van der Waals surface area contributed by atoms with E-state index in [0.717, 1.165) is 30.0 Å². The van der Waals surface area contributed by atoms with Crippen molar-refractivity contribution in [1.29, 1.82) is 0 Å². The molecule has 0 saturated carbocycles. The van der Waals surface area contributed by atoms with Crippen LogP contribution in [0.15, 0.2) is 36.4 Å². The van der Waals surface area contributed by atoms with E-state index in [1.165, 1.54) is 6.07 Å². The second-order valence-electron chi connectivity index (χ2n) is 4.67. The van der Waals surface area contributed by atoms with Gasteiger partial charge in [0, 0.05) is 35.4 Å². The lowest BCUT2D eigenvalue weighted by molar-refractivity contribution is 0.217. The van der Waals surface area contributed by atoms with E-state index in [-0.39, 0.29) is 11.8 Å². The molecule has 1 fully saturated rings. The number of fused-ring (bicyclic) bond motifs is 1. The highest BCUT2D eigenvalue weighted by Crippen LogP contribution is 2.26. The molecule has 0 radical (unpaired) electrons. The molecule has 2 amide bonds. The topological polar surface area (TPSA) is 32.3 Å². The standard InChI is InChI=1S/C15H15FN2OS/c16-13-5-6-14(12-4-2-1-3-11(12)13)17-15(19)18-7-9-20-10-8-18/h1-6H,7-10H2,(H,17,19). The number of thioether (sulfide) groups is 1. The van der Waals surface area contributed by atoms with Crippen LogP contribution < -0.4 is 5.32 Å². The Kier molecular flexibility index (Phi) is 3.78. The molecule has 1 heterocycles. The lowest BCUT2D eigenvalue weighted by atomic mass is 10.1. The van der Waals surface area contributed by atoms with E-state index in [4.69, 9.17) is 0 Å². The van der Waals surface area contributed by atoms with Crippen molar-refractivity contribution in [3.05, 3.63) is 42.2 Å². The van der Waals surface area contributed by atoms with Gasteiger partial charge >= 0.3 is 6.03 Å². The third-order valence-electron chi connectivity index (χ3n) is 3.41. The number of anilines is 1. The number of carbonyl (C=O) groups excluding carboxylic acids is 1. The summed E-state index contributed by atoms with van der Waals surface area (Å²) in [6.07, 6.45) is 0. The number of halogens is 1. The van der Waals surface area contributed by atoms with Crippen molar-refractivity contribution in [2.75, 3.05) is 29.9 Å². The average Bonchev–Trinajstić information content (AvgIpc) is 2.51. The zero-order chi connectivity index (χ0) is 13.9. The first-order chi connectivity index (χ1) is 9.75. The molecule has 1 saturated heterocycles. The van der Waals surface area contributed by atoms with Gasteiger partial charge in [0.1, 0.15) is 5.82 Å². The molecule has 3 nitrogen and oxygen atoms in total. The predicted molar refractivity (Wildman–Crippen MR) is 81.8 cm³/mol. The molecule has 1 aliphatic rings. The van der Waals surface area contributed by atoms with Gasteiger partial charge in [0.25, 0.3) is 0 Å². The SMILES string of the molecule is O=C(Nc1ccc(F)c2ccccc12)N1CCSCC1. The molecular formula is C15H15FN2OS. The third kappa shape index (κ3) is 2.58. The number of hydrogen-bond acceptors (Lipinski definition) is 2. The van der Waals surface area contributed by atoms with Crippen LogP contribution in [-0.2, 0) is 0 Å². The number of hydrogen-bond donors (Lipinski definition) is 1. The lowest BCUT2D eigenvalue weighted by Crippen LogP contribution is -2.40. The number of rotatable bonds is 1. The van der Waals surface area contributed by atoms with Gasteiger partial charge in [-0.3, -0.25) is 0 Å². The Morgan fingerprint density at radius 2 is 1.80 bits per heavy atom. The van der Waals surface area contributed by atoms with Gasteiger partial charge in [0.15, 0.2) is 0 Å². The van der Waals surface area contributed by atoms with Crippen LogP contribution in [0.5, 0.6) is 0 Å². The highest BCUT2D eigenvalue weighted by atomic mass is 32.2. The van der Waals surface area contributed by atoms with Gasteiger partial charge in [-0.15, -0.1) is 0 Å². The van der Waals surface area contributed by atoms with E-state index < -0.39 is 0 Å². The third-order valence-corrected chi connectivity index (χ3v) is 4.35. The summed E-state index contributed by atoms with van der Waals surface area (Å²) in [7, 11) is 0. The molecule has 5 heteroatoms. The van der Waals surface area contributed by atoms with Crippen molar-refractivity contribution < 1.29 is 9.18 Å². The number of carbonyl (C=O) groups is 1. The van der Waals surface area contributed by atoms with Crippen LogP contribution in [-0.4, -0.2) is 35.5 Å². The summed E-state index contributed by atoms with van der Waals surface area (Å²) in [5.41, 5.74) is 0.658. The highest BCUT2D eigenvalue weighted by Gasteiger charge is 2.17. The maximum absolute atomic E-state index is 13.7. The summed E-state index contributed by atoms with van der Waals surface area (Å²) >= 11 is 1.86. The largest absolute Gasteiger partial charge is 0.323 e. The van der Waals surface area contributed by atoms with Gasteiger partial charge in [-0.25, -0.2) is 9.18 Å². The van der Waals surface area contributed by atoms with E-state index in [0.29, 0.717) is 11.1 Å². The molecule has 2 aromatic rings. The number of benzene rings is 2. The fourth-order valence-electron chi connectivity index (χ4n) is 2.33. The van der Waals surface area contributed by atoms with Gasteiger partial charge in [-0.2, -0.15) is 11.8 Å². The van der Waals surface area contributed by atoms with Crippen molar-refractivity contribution in [3.63, 3.8) is 0 Å². The van der Waals surface area contributed by atoms with Crippen LogP contribution in [0.25, 0.3) is 10.8 Å². The van der Waals surface area contributed by atoms with Crippen LogP contribution in [0.1, 0.15) is 0 Å². The summed E-state index contributed by atoms with van der Waals surface area (Å²) in [5, 5.41) is 4.15. The maximum Gasteiger partial charge on any atom is 0.321 e. The molecule has 20 heavy (non-hydrogen) atoms. The summed E-state index contributed by atoms with van der Waals surface area (Å²) in [5.74, 6) is 1.67. The summed E-state index contributed by atoms with van der Waals surface area (Å²) in [6, 6.07) is 10.1. The molecule has 0 spiro atoms. The lowest BCUT2D eigenvalue weighted by Gasteiger charge is -2.26. The van der Waals surface area contributed by atoms with E-state index in [2.05, 4.69) is 5.32 Å². The molecule has 0 atom stereocenters. The van der Waals surface area contributed by atoms with Crippen LogP contribution >= 0.6 is 11.8 Å². The molecule has 3 rings (SSSR count). The highest BCUT2D eigenvalue weighted by molar-refractivity contribution is 7.99. The maximum atomic E-state index is 13.7. The van der Waals surface area contributed by atoms with Crippen molar-refractivity contribution in [2.45, 2.75) is 0 Å². The van der Waals surface area contributed by atoms with Crippen molar-refractivity contribution in [2.24, 2.45) is 0 Å². The molecule has 0 aliphatic carbocycles. The monoisotopic (exact) mass is 290 g/mol. The molecule has 1 N–H and O–H groups in total. The summed E-state index contributed by atoms with van der Waals surface area (Å²) < 4.78 is 13.7. The number of amides is 2. The summed E-state index contributed by atoms with van der Waals surface area (Å²) in [4.78, 5) is 14.0. The van der Waals surface area contributed by atoms with Crippen LogP contribution in [0.3, 0.4) is 0 Å². The molecule has 0 bridgehead atoms. The van der Waals surface area contributed by atoms with E-state index in [1.54, 1.807) is 23.1 Å². The second kappa shape index (κ2) is 5.71. The molecule has 2 aromatic carbocycles. The molecule has 1 aliphatic heterocycles. The Bertz CT molecular complexity index is 641. The zero-order valence-electron chi connectivity index (χ0n) is 10.9. The first-order valence-electron chi connectivity index (χ1n) is 6.56. The predicted octanol–water partition coefficient (Wildman–Crippen LogP) is 3.56. The first kappa shape index (κ1) is 13.2. The van der Waals surface area contributed by atoms with Gasteiger partial charge in [-0.05, 0) is 12.1 Å². The molecule has 0 unspecified atom stereocenters. The Labute approximate surface area is 121 Å². The van der Waals surface area contributed by atoms with E-state index in [1.807, 2.05) is 23.9 Å². The van der Waals surface area contributed by atoms with Crippen molar-refractivity contribution in [3.8, 4) is 0 Å². The minimum absolute atomic E-state index is 0.109. The first-order valence-corrected chi connectivity index (χ1v) is 7.72. The molecule has 0 aromatic heterocycles. The number of urea groups is 1. The quantitative estimate of drug-likeness (QED) is 0.871. The summed E-state index contributed by atoms with van der Waals surface area (Å²) in [6.45, 7) is 1.52. The zero-order valence-corrected chi connectivity index (χ0v) is 11.8. The van der Waals surface area contributed by atoms with Gasteiger partial charge < -0.3 is 10.2 Å². The minimum Gasteiger partial charge on any atom is -0.323 e. The number of nitrogens with one attached hydrogen (secondary N) is 1. The average molecular weight is 290 g/mol. The smallest absolute Gasteiger partial charge is 0.321 e. The Hall–Kier alpha value is -1.75. The van der Waals surface area contributed by atoms with E-state index >= 15 is 0 Å². The fourth-order valence-corrected chi connectivity index (χ4v) is 3.24. The van der Waals surface area contributed by atoms with Gasteiger partial charge in [-0.1, -0.05) is 24.3 Å². The minimum atomic E-state index is -0.270. The Morgan fingerprint density at radius 3 is 2.55 bits per heavy atom. The molecule has 104 valence electrons. The Balaban J connectivity index is 1.87. The molecular weight excluding hydrogens is 275 g/mol. The van der Waals surface area contributed by atoms with Crippen LogP contribution in [0.4, 0.5) is 14.9 Å². The van der Waals surface area contributed by atoms with Crippen LogP contribution in [0, 0.1) is 5.82 Å². The fraction of sp³-hybridized carbons (Fsp3) is 0.267. The van der Waals surface area contributed by atoms with E-state index in [9.17, 15) is 9.18 Å². The van der Waals surface area contributed by atoms with Crippen molar-refractivity contribution >= 4 is 34.3 Å². The van der Waals surface area contributed by atoms with Crippen molar-refractivity contribution in [1.82, 2.24) is 4.90 Å². The van der Waals surface area contributed by atoms with Crippen LogP contribution in [0.2, 0.25) is 0 Å².